The average Bonchev–Trinajstić information content (AvgIpc) is 2.08. The molecule has 0 N–H and O–H groups in total. The molecule has 11 heavy (non-hydrogen) atoms. The fourth-order valence-electron chi connectivity index (χ4n) is 0.740. The summed E-state index contributed by atoms with van der Waals surface area (Å²) in [6, 6.07) is 0. The highest BCUT2D eigenvalue weighted by atomic mass is 79.9. The Morgan fingerprint density at radius 2 is 2.00 bits per heavy atom. The van der Waals surface area contributed by atoms with Crippen molar-refractivity contribution < 1.29 is 8.81 Å². The molecule has 0 aliphatic heterocycles. The standard InChI is InChI=1S/C7H9BrFNO/c1-7(2,3)4-5(8)10-6(9)11-4/h1-3H3. The molecule has 0 saturated carbocycles. The van der Waals surface area contributed by atoms with Crippen molar-refractivity contribution in [1.82, 2.24) is 4.98 Å². The van der Waals surface area contributed by atoms with Gasteiger partial charge in [0.05, 0.1) is 0 Å². The number of nitrogens with zero attached hydrogens (tertiary/aromatic N) is 1. The molecule has 0 aliphatic carbocycles. The third-order valence-electron chi connectivity index (χ3n) is 1.24. The van der Waals surface area contributed by atoms with E-state index in [2.05, 4.69) is 20.9 Å². The highest BCUT2D eigenvalue weighted by Crippen LogP contribution is 2.29. The van der Waals surface area contributed by atoms with Crippen LogP contribution in [0, 0.1) is 6.14 Å². The normalized spacial score (nSPS) is 12.1. The van der Waals surface area contributed by atoms with Gasteiger partial charge in [0.1, 0.15) is 5.76 Å². The predicted molar refractivity (Wildman–Crippen MR) is 42.9 cm³/mol. The number of hydrogen-bond acceptors (Lipinski definition) is 2. The molecular formula is C7H9BrFNO. The molecule has 0 fully saturated rings. The van der Waals surface area contributed by atoms with E-state index >= 15 is 0 Å². The van der Waals surface area contributed by atoms with Crippen molar-refractivity contribution in [2.75, 3.05) is 0 Å². The fourth-order valence-corrected chi connectivity index (χ4v) is 1.55. The van der Waals surface area contributed by atoms with Gasteiger partial charge in [-0.2, -0.15) is 4.98 Å². The van der Waals surface area contributed by atoms with Crippen LogP contribution in [0.4, 0.5) is 4.39 Å². The second-order valence-corrected chi connectivity index (χ2v) is 4.09. The molecule has 1 aromatic rings. The van der Waals surface area contributed by atoms with E-state index in [1.807, 2.05) is 20.8 Å². The van der Waals surface area contributed by atoms with Gasteiger partial charge in [-0.05, 0) is 15.9 Å². The minimum Gasteiger partial charge on any atom is -0.418 e. The van der Waals surface area contributed by atoms with Crippen molar-refractivity contribution in [1.29, 1.82) is 0 Å². The molecule has 0 amide bonds. The summed E-state index contributed by atoms with van der Waals surface area (Å²) in [4.78, 5) is 3.46. The van der Waals surface area contributed by atoms with E-state index in [0.29, 0.717) is 10.4 Å². The Morgan fingerprint density at radius 3 is 2.18 bits per heavy atom. The van der Waals surface area contributed by atoms with Gasteiger partial charge in [0, 0.05) is 5.41 Å². The van der Waals surface area contributed by atoms with E-state index in [1.165, 1.54) is 0 Å². The maximum absolute atomic E-state index is 12.4. The van der Waals surface area contributed by atoms with Crippen LogP contribution in [0.5, 0.6) is 0 Å². The monoisotopic (exact) mass is 221 g/mol. The Hall–Kier alpha value is -0.380. The Morgan fingerprint density at radius 1 is 1.45 bits per heavy atom. The number of hydrogen-bond donors (Lipinski definition) is 0. The molecule has 0 unspecified atom stereocenters. The molecule has 0 radical (unpaired) electrons. The van der Waals surface area contributed by atoms with Gasteiger partial charge in [0.2, 0.25) is 0 Å². The van der Waals surface area contributed by atoms with Gasteiger partial charge in [-0.25, -0.2) is 0 Å². The molecule has 1 aromatic heterocycles. The second-order valence-electron chi connectivity index (χ2n) is 3.34. The van der Waals surface area contributed by atoms with Gasteiger partial charge in [0.25, 0.3) is 0 Å². The van der Waals surface area contributed by atoms with Crippen LogP contribution in [0.1, 0.15) is 26.5 Å². The Bertz CT molecular complexity index is 264. The molecule has 0 saturated heterocycles. The Kier molecular flexibility index (Phi) is 2.05. The van der Waals surface area contributed by atoms with Gasteiger partial charge in [0.15, 0.2) is 4.60 Å². The van der Waals surface area contributed by atoms with Gasteiger partial charge >= 0.3 is 6.14 Å². The zero-order valence-corrected chi connectivity index (χ0v) is 8.20. The van der Waals surface area contributed by atoms with Crippen LogP contribution in [0.15, 0.2) is 9.02 Å². The molecule has 4 heteroatoms. The highest BCUT2D eigenvalue weighted by molar-refractivity contribution is 9.10. The van der Waals surface area contributed by atoms with Crippen LogP contribution in [-0.2, 0) is 5.41 Å². The van der Waals surface area contributed by atoms with Crippen molar-refractivity contribution in [2.24, 2.45) is 0 Å². The largest absolute Gasteiger partial charge is 0.418 e. The molecular weight excluding hydrogens is 213 g/mol. The van der Waals surface area contributed by atoms with Crippen LogP contribution in [0.3, 0.4) is 0 Å². The number of halogens is 2. The molecule has 0 atom stereocenters. The molecule has 1 heterocycles. The summed E-state index contributed by atoms with van der Waals surface area (Å²) in [5.74, 6) is 0.537. The van der Waals surface area contributed by atoms with Crippen LogP contribution >= 0.6 is 15.9 Å². The van der Waals surface area contributed by atoms with Crippen molar-refractivity contribution >= 4 is 15.9 Å². The number of rotatable bonds is 0. The number of aromatic nitrogens is 1. The zero-order chi connectivity index (χ0) is 8.65. The van der Waals surface area contributed by atoms with Crippen LogP contribution in [0.2, 0.25) is 0 Å². The lowest BCUT2D eigenvalue weighted by Gasteiger charge is -2.13. The summed E-state index contributed by atoms with van der Waals surface area (Å²) in [5.41, 5.74) is -0.212. The maximum Gasteiger partial charge on any atom is 0.382 e. The van der Waals surface area contributed by atoms with E-state index in [9.17, 15) is 4.39 Å². The van der Waals surface area contributed by atoms with Gasteiger partial charge in [-0.3, -0.25) is 0 Å². The summed E-state index contributed by atoms with van der Waals surface area (Å²) in [5, 5.41) is 0. The van der Waals surface area contributed by atoms with Gasteiger partial charge < -0.3 is 4.42 Å². The molecule has 2 nitrogen and oxygen atoms in total. The summed E-state index contributed by atoms with van der Waals surface area (Å²) in [6.07, 6.45) is -0.790. The Balaban J connectivity index is 3.13. The molecule has 1 rings (SSSR count). The average molecular weight is 222 g/mol. The third kappa shape index (κ3) is 1.80. The van der Waals surface area contributed by atoms with E-state index in [1.54, 1.807) is 0 Å². The first kappa shape index (κ1) is 8.71. The summed E-state index contributed by atoms with van der Waals surface area (Å²) in [7, 11) is 0. The summed E-state index contributed by atoms with van der Waals surface area (Å²) < 4.78 is 17.6. The maximum atomic E-state index is 12.4. The molecule has 0 spiro atoms. The molecule has 0 bridgehead atoms. The lowest BCUT2D eigenvalue weighted by molar-refractivity contribution is 0.289. The van der Waals surface area contributed by atoms with E-state index in [4.69, 9.17) is 4.42 Å². The first-order valence-corrected chi connectivity index (χ1v) is 4.03. The van der Waals surface area contributed by atoms with E-state index in [-0.39, 0.29) is 5.41 Å². The molecule has 0 aromatic carbocycles. The first-order chi connectivity index (χ1) is 4.91. The predicted octanol–water partition coefficient (Wildman–Crippen LogP) is 2.87. The molecule has 0 aliphatic rings. The second kappa shape index (κ2) is 2.59. The van der Waals surface area contributed by atoms with Crippen molar-refractivity contribution in [3.05, 3.63) is 16.5 Å². The van der Waals surface area contributed by atoms with E-state index in [0.717, 1.165) is 0 Å². The van der Waals surface area contributed by atoms with Crippen molar-refractivity contribution in [3.63, 3.8) is 0 Å². The quantitative estimate of drug-likeness (QED) is 0.674. The summed E-state index contributed by atoms with van der Waals surface area (Å²) in [6.45, 7) is 5.78. The Labute approximate surface area is 72.9 Å². The molecule has 62 valence electrons. The van der Waals surface area contributed by atoms with Crippen molar-refractivity contribution in [2.45, 2.75) is 26.2 Å². The lowest BCUT2D eigenvalue weighted by Crippen LogP contribution is -2.10. The van der Waals surface area contributed by atoms with Crippen LogP contribution in [-0.4, -0.2) is 4.98 Å². The van der Waals surface area contributed by atoms with Gasteiger partial charge in [-0.1, -0.05) is 20.8 Å². The highest BCUT2D eigenvalue weighted by Gasteiger charge is 2.23. The van der Waals surface area contributed by atoms with Crippen molar-refractivity contribution in [3.8, 4) is 0 Å². The lowest BCUT2D eigenvalue weighted by atomic mass is 9.94. The first-order valence-electron chi connectivity index (χ1n) is 3.23. The van der Waals surface area contributed by atoms with E-state index < -0.39 is 6.14 Å². The smallest absolute Gasteiger partial charge is 0.382 e. The fraction of sp³-hybridized carbons (Fsp3) is 0.571. The minimum atomic E-state index is -0.790. The summed E-state index contributed by atoms with van der Waals surface area (Å²) >= 11 is 3.11. The van der Waals surface area contributed by atoms with Crippen LogP contribution in [0.25, 0.3) is 0 Å². The van der Waals surface area contributed by atoms with Gasteiger partial charge in [-0.15, -0.1) is 4.39 Å². The third-order valence-corrected chi connectivity index (χ3v) is 1.78. The number of oxazole rings is 1. The zero-order valence-electron chi connectivity index (χ0n) is 6.61. The van der Waals surface area contributed by atoms with Crippen LogP contribution < -0.4 is 0 Å². The topological polar surface area (TPSA) is 26.0 Å². The SMILES string of the molecule is CC(C)(C)c1oc(F)nc1Br. The minimum absolute atomic E-state index is 0.212.